The van der Waals surface area contributed by atoms with E-state index in [9.17, 15) is 0 Å². The van der Waals surface area contributed by atoms with Gasteiger partial charge in [0.15, 0.2) is 0 Å². The molecule has 0 bridgehead atoms. The van der Waals surface area contributed by atoms with E-state index in [1.165, 1.54) is 0 Å². The van der Waals surface area contributed by atoms with Crippen LogP contribution in [-0.2, 0) is 0 Å². The van der Waals surface area contributed by atoms with Crippen molar-refractivity contribution in [3.8, 4) is 6.07 Å². The second-order valence-corrected chi connectivity index (χ2v) is 2.76. The summed E-state index contributed by atoms with van der Waals surface area (Å²) in [4.78, 5) is 4.11. The van der Waals surface area contributed by atoms with E-state index in [0.717, 1.165) is 10.9 Å². The average molecular weight is 169 g/mol. The molecule has 0 unspecified atom stereocenters. The van der Waals surface area contributed by atoms with E-state index in [-0.39, 0.29) is 0 Å². The fourth-order valence-corrected chi connectivity index (χ4v) is 1.20. The van der Waals surface area contributed by atoms with Gasteiger partial charge in [-0.15, -0.1) is 0 Å². The van der Waals surface area contributed by atoms with E-state index in [1.807, 2.05) is 12.1 Å². The number of hydrogen-bond acceptors (Lipinski definition) is 3. The van der Waals surface area contributed by atoms with E-state index in [4.69, 9.17) is 11.0 Å². The maximum Gasteiger partial charge on any atom is 0.124 e. The van der Waals surface area contributed by atoms with Gasteiger partial charge in [-0.2, -0.15) is 5.26 Å². The van der Waals surface area contributed by atoms with Crippen LogP contribution in [0.25, 0.3) is 10.9 Å². The second kappa shape index (κ2) is 2.76. The van der Waals surface area contributed by atoms with Gasteiger partial charge < -0.3 is 5.73 Å². The summed E-state index contributed by atoms with van der Waals surface area (Å²) in [5, 5.41) is 9.65. The highest BCUT2D eigenvalue weighted by Crippen LogP contribution is 2.14. The minimum atomic E-state index is 0.475. The summed E-state index contributed by atoms with van der Waals surface area (Å²) in [6, 6.07) is 11.0. The predicted molar refractivity (Wildman–Crippen MR) is 50.9 cm³/mol. The first kappa shape index (κ1) is 7.56. The van der Waals surface area contributed by atoms with E-state index in [0.29, 0.717) is 11.4 Å². The van der Waals surface area contributed by atoms with Crippen LogP contribution in [0.5, 0.6) is 0 Å². The minimum absolute atomic E-state index is 0.475. The van der Waals surface area contributed by atoms with E-state index in [1.54, 1.807) is 18.2 Å². The third-order valence-electron chi connectivity index (χ3n) is 1.84. The highest BCUT2D eigenvalue weighted by Gasteiger charge is 1.96. The highest BCUT2D eigenvalue weighted by atomic mass is 14.8. The summed E-state index contributed by atoms with van der Waals surface area (Å²) < 4.78 is 0. The lowest BCUT2D eigenvalue weighted by atomic mass is 10.1. The topological polar surface area (TPSA) is 62.7 Å². The Bertz CT molecular complexity index is 497. The highest BCUT2D eigenvalue weighted by molar-refractivity contribution is 5.81. The molecule has 0 aliphatic heterocycles. The van der Waals surface area contributed by atoms with Crippen LogP contribution < -0.4 is 5.73 Å². The molecule has 2 N–H and O–H groups in total. The molecule has 2 rings (SSSR count). The molecule has 13 heavy (non-hydrogen) atoms. The molecular formula is C10H7N3. The van der Waals surface area contributed by atoms with Gasteiger partial charge in [0.05, 0.1) is 17.1 Å². The Hall–Kier alpha value is -2.08. The molecule has 0 atom stereocenters. The molecule has 1 aromatic carbocycles. The molecule has 1 aromatic heterocycles. The number of aromatic nitrogens is 1. The molecule has 0 radical (unpaired) electrons. The Labute approximate surface area is 75.4 Å². The summed E-state index contributed by atoms with van der Waals surface area (Å²) in [6.07, 6.45) is 0. The van der Waals surface area contributed by atoms with Crippen LogP contribution in [0.3, 0.4) is 0 Å². The lowest BCUT2D eigenvalue weighted by Gasteiger charge is -1.97. The van der Waals surface area contributed by atoms with E-state index in [2.05, 4.69) is 11.1 Å². The van der Waals surface area contributed by atoms with Gasteiger partial charge in [-0.3, -0.25) is 0 Å². The number of nitriles is 1. The van der Waals surface area contributed by atoms with Crippen molar-refractivity contribution in [3.05, 3.63) is 35.9 Å². The van der Waals surface area contributed by atoms with E-state index >= 15 is 0 Å². The Balaban J connectivity index is 2.77. The number of nitrogens with zero attached hydrogens (tertiary/aromatic N) is 2. The van der Waals surface area contributed by atoms with Gasteiger partial charge in [-0.1, -0.05) is 6.07 Å². The smallest absolute Gasteiger partial charge is 0.124 e. The number of nitrogens with two attached hydrogens (primary N) is 1. The zero-order chi connectivity index (χ0) is 9.26. The molecule has 2 aromatic rings. The van der Waals surface area contributed by atoms with Crippen molar-refractivity contribution in [1.29, 1.82) is 5.26 Å². The minimum Gasteiger partial charge on any atom is -0.384 e. The third-order valence-corrected chi connectivity index (χ3v) is 1.84. The Kier molecular flexibility index (Phi) is 1.60. The number of rotatable bonds is 0. The normalized spacial score (nSPS) is 9.77. The number of pyridine rings is 1. The third kappa shape index (κ3) is 1.30. The van der Waals surface area contributed by atoms with Crippen LogP contribution in [0.2, 0.25) is 0 Å². The second-order valence-electron chi connectivity index (χ2n) is 2.76. The molecule has 3 nitrogen and oxygen atoms in total. The Morgan fingerprint density at radius 2 is 2.00 bits per heavy atom. The van der Waals surface area contributed by atoms with Crippen molar-refractivity contribution in [1.82, 2.24) is 4.98 Å². The maximum atomic E-state index is 8.66. The Morgan fingerprint density at radius 3 is 2.77 bits per heavy atom. The van der Waals surface area contributed by atoms with Crippen LogP contribution in [-0.4, -0.2) is 4.98 Å². The summed E-state index contributed by atoms with van der Waals surface area (Å²) in [7, 11) is 0. The van der Waals surface area contributed by atoms with Crippen molar-refractivity contribution in [3.63, 3.8) is 0 Å². The van der Waals surface area contributed by atoms with Gasteiger partial charge in [0.25, 0.3) is 0 Å². The molecule has 0 amide bonds. The van der Waals surface area contributed by atoms with Crippen molar-refractivity contribution in [2.24, 2.45) is 0 Å². The monoisotopic (exact) mass is 169 g/mol. The number of benzene rings is 1. The van der Waals surface area contributed by atoms with Crippen LogP contribution in [0.4, 0.5) is 5.82 Å². The fraction of sp³-hybridized carbons (Fsp3) is 0. The van der Waals surface area contributed by atoms with Crippen molar-refractivity contribution in [2.45, 2.75) is 0 Å². The molecule has 0 fully saturated rings. The van der Waals surface area contributed by atoms with Crippen LogP contribution in [0, 0.1) is 11.3 Å². The number of hydrogen-bond donors (Lipinski definition) is 1. The molecule has 3 heteroatoms. The lowest BCUT2D eigenvalue weighted by molar-refractivity contribution is 1.40. The first-order chi connectivity index (χ1) is 6.29. The summed E-state index contributed by atoms with van der Waals surface area (Å²) >= 11 is 0. The van der Waals surface area contributed by atoms with Gasteiger partial charge in [0, 0.05) is 5.39 Å². The lowest BCUT2D eigenvalue weighted by Crippen LogP contribution is -1.89. The van der Waals surface area contributed by atoms with Crippen molar-refractivity contribution >= 4 is 16.7 Å². The van der Waals surface area contributed by atoms with Crippen LogP contribution >= 0.6 is 0 Å². The first-order valence-corrected chi connectivity index (χ1v) is 3.86. The molecule has 1 heterocycles. The molecule has 0 saturated carbocycles. The Morgan fingerprint density at radius 1 is 1.23 bits per heavy atom. The van der Waals surface area contributed by atoms with Gasteiger partial charge in [-0.05, 0) is 24.3 Å². The summed E-state index contributed by atoms with van der Waals surface area (Å²) in [6.45, 7) is 0. The standard InChI is InChI=1S/C10H7N3/c11-6-7-1-2-8-3-4-10(12)13-9(8)5-7/h1-5H,(H2,12,13). The van der Waals surface area contributed by atoms with Crippen LogP contribution in [0.1, 0.15) is 5.56 Å². The predicted octanol–water partition coefficient (Wildman–Crippen LogP) is 1.69. The van der Waals surface area contributed by atoms with Crippen LogP contribution in [0.15, 0.2) is 30.3 Å². The van der Waals surface area contributed by atoms with Gasteiger partial charge in [0.2, 0.25) is 0 Å². The maximum absolute atomic E-state index is 8.66. The SMILES string of the molecule is N#Cc1ccc2ccc(N)nc2c1. The van der Waals surface area contributed by atoms with Gasteiger partial charge in [-0.25, -0.2) is 4.98 Å². The van der Waals surface area contributed by atoms with Gasteiger partial charge >= 0.3 is 0 Å². The summed E-state index contributed by atoms with van der Waals surface area (Å²) in [5.74, 6) is 0.475. The molecule has 0 spiro atoms. The molecule has 0 aliphatic rings. The van der Waals surface area contributed by atoms with E-state index < -0.39 is 0 Å². The van der Waals surface area contributed by atoms with Crippen molar-refractivity contribution in [2.75, 3.05) is 5.73 Å². The zero-order valence-electron chi connectivity index (χ0n) is 6.86. The first-order valence-electron chi connectivity index (χ1n) is 3.86. The number of fused-ring (bicyclic) bond motifs is 1. The fourth-order valence-electron chi connectivity index (χ4n) is 1.20. The molecule has 62 valence electrons. The largest absolute Gasteiger partial charge is 0.384 e. The molecule has 0 saturated heterocycles. The average Bonchev–Trinajstić information content (AvgIpc) is 2.16. The zero-order valence-corrected chi connectivity index (χ0v) is 6.86. The molecule has 0 aliphatic carbocycles. The molecular weight excluding hydrogens is 162 g/mol. The summed E-state index contributed by atoms with van der Waals surface area (Å²) in [5.41, 5.74) is 6.89. The van der Waals surface area contributed by atoms with Gasteiger partial charge in [0.1, 0.15) is 5.82 Å². The number of anilines is 1. The number of nitrogen functional groups attached to an aromatic ring is 1. The van der Waals surface area contributed by atoms with Crippen molar-refractivity contribution < 1.29 is 0 Å². The quantitative estimate of drug-likeness (QED) is 0.652.